The number of nitrogens with zero attached hydrogens (tertiary/aromatic N) is 3. The van der Waals surface area contributed by atoms with Gasteiger partial charge >= 0.3 is 0 Å². The smallest absolute Gasteiger partial charge is 0.147 e. The van der Waals surface area contributed by atoms with Crippen LogP contribution in [0.15, 0.2) is 12.4 Å². The molecule has 1 aliphatic rings. The predicted molar refractivity (Wildman–Crippen MR) is 79.3 cm³/mol. The molecule has 1 unspecified atom stereocenters. The minimum absolute atomic E-state index is 0.276. The normalized spacial score (nSPS) is 16.1. The number of anilines is 1. The second-order valence-electron chi connectivity index (χ2n) is 4.89. The van der Waals surface area contributed by atoms with Crippen LogP contribution in [-0.2, 0) is 4.74 Å². The first-order valence-corrected chi connectivity index (χ1v) is 6.91. The van der Waals surface area contributed by atoms with Crippen LogP contribution in [0.4, 0.5) is 5.82 Å². The maximum atomic E-state index is 5.53. The van der Waals surface area contributed by atoms with E-state index < -0.39 is 0 Å². The van der Waals surface area contributed by atoms with E-state index in [1.165, 1.54) is 12.8 Å². The van der Waals surface area contributed by atoms with Crippen molar-refractivity contribution in [1.82, 2.24) is 9.97 Å². The Hall–Kier alpha value is -1.27. The van der Waals surface area contributed by atoms with Gasteiger partial charge < -0.3 is 15.4 Å². The van der Waals surface area contributed by atoms with Crippen molar-refractivity contribution in [2.75, 3.05) is 25.2 Å². The first-order chi connectivity index (χ1) is 9.13. The van der Waals surface area contributed by atoms with Crippen molar-refractivity contribution >= 4 is 23.0 Å². The molecule has 104 valence electrons. The van der Waals surface area contributed by atoms with Crippen LogP contribution in [0.3, 0.4) is 0 Å². The fraction of sp³-hybridized carbons (Fsp3) is 0.615. The topological polar surface area (TPSA) is 64.3 Å². The minimum atomic E-state index is 0.276. The standard InChI is InChI=1S/C13H20N4OS/c1-9(10-3-4-10)17(5-6-18-2)12-8-15-11(7-16-12)13(14)19/h7-10H,3-6H2,1-2H3,(H2,14,19). The van der Waals surface area contributed by atoms with Gasteiger partial charge in [-0.05, 0) is 25.7 Å². The van der Waals surface area contributed by atoms with Gasteiger partial charge in [-0.2, -0.15) is 0 Å². The van der Waals surface area contributed by atoms with Crippen LogP contribution in [0.1, 0.15) is 25.5 Å². The van der Waals surface area contributed by atoms with Crippen molar-refractivity contribution < 1.29 is 4.74 Å². The summed E-state index contributed by atoms with van der Waals surface area (Å²) in [7, 11) is 1.71. The number of nitrogens with two attached hydrogens (primary N) is 1. The fourth-order valence-electron chi connectivity index (χ4n) is 2.15. The average molecular weight is 280 g/mol. The molecular formula is C13H20N4OS. The van der Waals surface area contributed by atoms with E-state index >= 15 is 0 Å². The summed E-state index contributed by atoms with van der Waals surface area (Å²) in [6, 6.07) is 0.458. The highest BCUT2D eigenvalue weighted by atomic mass is 32.1. The number of aromatic nitrogens is 2. The van der Waals surface area contributed by atoms with E-state index in [0.29, 0.717) is 18.3 Å². The van der Waals surface area contributed by atoms with E-state index in [1.54, 1.807) is 19.5 Å². The SMILES string of the molecule is COCCN(c1cnc(C(N)=S)cn1)C(C)C1CC1. The van der Waals surface area contributed by atoms with Gasteiger partial charge in [0.05, 0.1) is 19.0 Å². The molecular weight excluding hydrogens is 260 g/mol. The monoisotopic (exact) mass is 280 g/mol. The van der Waals surface area contributed by atoms with Crippen molar-refractivity contribution in [3.63, 3.8) is 0 Å². The van der Waals surface area contributed by atoms with Crippen molar-refractivity contribution in [2.45, 2.75) is 25.8 Å². The predicted octanol–water partition coefficient (Wildman–Crippen LogP) is 1.36. The molecule has 1 aliphatic carbocycles. The summed E-state index contributed by atoms with van der Waals surface area (Å²) < 4.78 is 5.18. The van der Waals surface area contributed by atoms with E-state index in [4.69, 9.17) is 22.7 Å². The third kappa shape index (κ3) is 3.61. The Bertz CT molecular complexity index is 433. The third-order valence-corrected chi connectivity index (χ3v) is 3.73. The molecule has 1 aromatic rings. The van der Waals surface area contributed by atoms with Crippen LogP contribution in [0.5, 0.6) is 0 Å². The van der Waals surface area contributed by atoms with Gasteiger partial charge in [-0.15, -0.1) is 0 Å². The van der Waals surface area contributed by atoms with Crippen LogP contribution in [0.2, 0.25) is 0 Å². The zero-order valence-corrected chi connectivity index (χ0v) is 12.2. The molecule has 1 saturated carbocycles. The lowest BCUT2D eigenvalue weighted by atomic mass is 10.2. The Kier molecular flexibility index (Phi) is 4.66. The van der Waals surface area contributed by atoms with Crippen molar-refractivity contribution in [3.8, 4) is 0 Å². The summed E-state index contributed by atoms with van der Waals surface area (Å²) in [6.07, 6.45) is 5.96. The van der Waals surface area contributed by atoms with Gasteiger partial charge in [0.15, 0.2) is 0 Å². The molecule has 0 aliphatic heterocycles. The van der Waals surface area contributed by atoms with Crippen LogP contribution in [0, 0.1) is 5.92 Å². The van der Waals surface area contributed by atoms with Crippen LogP contribution >= 0.6 is 12.2 Å². The quantitative estimate of drug-likeness (QED) is 0.761. The number of hydrogen-bond acceptors (Lipinski definition) is 5. The van der Waals surface area contributed by atoms with Crippen molar-refractivity contribution in [1.29, 1.82) is 0 Å². The largest absolute Gasteiger partial charge is 0.388 e. The molecule has 2 rings (SSSR count). The van der Waals surface area contributed by atoms with Crippen LogP contribution < -0.4 is 10.6 Å². The van der Waals surface area contributed by atoms with Gasteiger partial charge in [0.1, 0.15) is 16.5 Å². The van der Waals surface area contributed by atoms with E-state index in [1.807, 2.05) is 0 Å². The molecule has 0 radical (unpaired) electrons. The Morgan fingerprint density at radius 2 is 2.26 bits per heavy atom. The number of rotatable bonds is 7. The minimum Gasteiger partial charge on any atom is -0.388 e. The summed E-state index contributed by atoms with van der Waals surface area (Å²) in [5.41, 5.74) is 6.09. The maximum Gasteiger partial charge on any atom is 0.147 e. The van der Waals surface area contributed by atoms with Crippen LogP contribution in [0.25, 0.3) is 0 Å². The second kappa shape index (κ2) is 6.25. The number of thiocarbonyl (C=S) groups is 1. The number of hydrogen-bond donors (Lipinski definition) is 1. The fourth-order valence-corrected chi connectivity index (χ4v) is 2.25. The molecule has 0 aromatic carbocycles. The van der Waals surface area contributed by atoms with Gasteiger partial charge in [0.2, 0.25) is 0 Å². The van der Waals surface area contributed by atoms with E-state index in [-0.39, 0.29) is 4.99 Å². The lowest BCUT2D eigenvalue weighted by Crippen LogP contribution is -2.38. The molecule has 0 saturated heterocycles. The zero-order chi connectivity index (χ0) is 13.8. The number of ether oxygens (including phenoxy) is 1. The van der Waals surface area contributed by atoms with Crippen molar-refractivity contribution in [3.05, 3.63) is 18.1 Å². The Morgan fingerprint density at radius 1 is 1.53 bits per heavy atom. The second-order valence-corrected chi connectivity index (χ2v) is 5.33. The summed E-state index contributed by atoms with van der Waals surface area (Å²) >= 11 is 4.89. The molecule has 0 spiro atoms. The number of methoxy groups -OCH3 is 1. The summed E-state index contributed by atoms with van der Waals surface area (Å²) in [4.78, 5) is 11.2. The van der Waals surface area contributed by atoms with Gasteiger partial charge in [-0.25, -0.2) is 9.97 Å². The Balaban J connectivity index is 2.13. The molecule has 5 nitrogen and oxygen atoms in total. The third-order valence-electron chi connectivity index (χ3n) is 3.52. The summed E-state index contributed by atoms with van der Waals surface area (Å²) in [5, 5.41) is 0. The molecule has 1 aromatic heterocycles. The molecule has 6 heteroatoms. The van der Waals surface area contributed by atoms with E-state index in [2.05, 4.69) is 21.8 Å². The summed E-state index contributed by atoms with van der Waals surface area (Å²) in [5.74, 6) is 1.62. The van der Waals surface area contributed by atoms with Gasteiger partial charge in [-0.3, -0.25) is 0 Å². The van der Waals surface area contributed by atoms with Crippen LogP contribution in [-0.4, -0.2) is 41.3 Å². The first kappa shape index (κ1) is 14.1. The highest BCUT2D eigenvalue weighted by Crippen LogP contribution is 2.36. The Morgan fingerprint density at radius 3 is 2.74 bits per heavy atom. The van der Waals surface area contributed by atoms with E-state index in [0.717, 1.165) is 18.3 Å². The molecule has 19 heavy (non-hydrogen) atoms. The molecule has 0 bridgehead atoms. The van der Waals surface area contributed by atoms with Gasteiger partial charge in [0, 0.05) is 19.7 Å². The molecule has 2 N–H and O–H groups in total. The average Bonchev–Trinajstić information content (AvgIpc) is 3.23. The molecule has 0 amide bonds. The molecule has 1 atom stereocenters. The molecule has 1 heterocycles. The molecule has 1 fully saturated rings. The first-order valence-electron chi connectivity index (χ1n) is 6.51. The maximum absolute atomic E-state index is 5.53. The van der Waals surface area contributed by atoms with Crippen molar-refractivity contribution in [2.24, 2.45) is 11.7 Å². The van der Waals surface area contributed by atoms with Gasteiger partial charge in [0.25, 0.3) is 0 Å². The Labute approximate surface area is 119 Å². The van der Waals surface area contributed by atoms with Gasteiger partial charge in [-0.1, -0.05) is 12.2 Å². The highest BCUT2D eigenvalue weighted by Gasteiger charge is 2.32. The highest BCUT2D eigenvalue weighted by molar-refractivity contribution is 7.80. The lowest BCUT2D eigenvalue weighted by Gasteiger charge is -2.30. The van der Waals surface area contributed by atoms with E-state index in [9.17, 15) is 0 Å². The lowest BCUT2D eigenvalue weighted by molar-refractivity contribution is 0.202. The summed E-state index contributed by atoms with van der Waals surface area (Å²) in [6.45, 7) is 3.72. The zero-order valence-electron chi connectivity index (χ0n) is 11.4.